The third-order valence-corrected chi connectivity index (χ3v) is 4.85. The Morgan fingerprint density at radius 2 is 1.28 bits per heavy atom. The van der Waals surface area contributed by atoms with Gasteiger partial charge >= 0.3 is 0 Å². The molecule has 0 saturated heterocycles. The van der Waals surface area contributed by atoms with Gasteiger partial charge in [0.25, 0.3) is 0 Å². The van der Waals surface area contributed by atoms with Crippen LogP contribution in [0.4, 0.5) is 0 Å². The molecule has 0 fully saturated rings. The number of ether oxygens (including phenoxy) is 1. The first-order chi connectivity index (χ1) is 8.47. The summed E-state index contributed by atoms with van der Waals surface area (Å²) in [7, 11) is 0. The summed E-state index contributed by atoms with van der Waals surface area (Å²) in [5, 5.41) is 0. The molecule has 2 rings (SSSR count). The zero-order chi connectivity index (χ0) is 13.3. The molecule has 2 aromatic rings. The number of hydrogen-bond acceptors (Lipinski definition) is 1. The van der Waals surface area contributed by atoms with Gasteiger partial charge in [0.15, 0.2) is 5.75 Å². The maximum absolute atomic E-state index is 5.92. The van der Waals surface area contributed by atoms with Gasteiger partial charge in [-0.3, -0.25) is 0 Å². The fourth-order valence-electron chi connectivity index (χ4n) is 1.29. The lowest BCUT2D eigenvalue weighted by Crippen LogP contribution is -1.88. The van der Waals surface area contributed by atoms with Gasteiger partial charge in [0.05, 0.1) is 13.4 Å². The summed E-state index contributed by atoms with van der Waals surface area (Å²) in [6, 6.07) is 9.66. The number of halogens is 5. The first-order valence-electron chi connectivity index (χ1n) is 4.75. The van der Waals surface area contributed by atoms with Crippen LogP contribution in [0, 0.1) is 0 Å². The SMILES string of the molecule is Brc1cc(Br)c(Oc2cc(Br)ccc2Br)c(Br)c1. The van der Waals surface area contributed by atoms with Crippen LogP contribution in [-0.2, 0) is 0 Å². The Bertz CT molecular complexity index is 574. The molecule has 0 unspecified atom stereocenters. The average Bonchev–Trinajstić information content (AvgIpc) is 2.28. The lowest BCUT2D eigenvalue weighted by atomic mass is 10.3. The van der Waals surface area contributed by atoms with Gasteiger partial charge < -0.3 is 4.74 Å². The first-order valence-corrected chi connectivity index (χ1v) is 8.71. The highest BCUT2D eigenvalue weighted by Crippen LogP contribution is 2.41. The topological polar surface area (TPSA) is 9.23 Å². The van der Waals surface area contributed by atoms with Crippen molar-refractivity contribution < 1.29 is 4.74 Å². The molecule has 2 aromatic carbocycles. The molecule has 0 radical (unpaired) electrons. The zero-order valence-electron chi connectivity index (χ0n) is 8.68. The molecule has 1 nitrogen and oxygen atoms in total. The molecule has 0 aliphatic heterocycles. The molecular weight excluding hydrogens is 560 g/mol. The van der Waals surface area contributed by atoms with Crippen LogP contribution in [0.1, 0.15) is 0 Å². The summed E-state index contributed by atoms with van der Waals surface area (Å²) < 4.78 is 10.5. The Hall–Kier alpha value is 0.640. The molecule has 0 aliphatic rings. The van der Waals surface area contributed by atoms with E-state index in [-0.39, 0.29) is 0 Å². The molecular formula is C12H5Br5O. The van der Waals surface area contributed by atoms with Gasteiger partial charge in [0.1, 0.15) is 5.75 Å². The maximum atomic E-state index is 5.92. The van der Waals surface area contributed by atoms with E-state index in [1.165, 1.54) is 0 Å². The second kappa shape index (κ2) is 6.39. The minimum atomic E-state index is 0.733. The highest BCUT2D eigenvalue weighted by molar-refractivity contribution is 9.12. The molecule has 0 aliphatic carbocycles. The van der Waals surface area contributed by atoms with Gasteiger partial charge in [-0.1, -0.05) is 31.9 Å². The lowest BCUT2D eigenvalue weighted by Gasteiger charge is -2.12. The van der Waals surface area contributed by atoms with Gasteiger partial charge in [-0.15, -0.1) is 0 Å². The highest BCUT2D eigenvalue weighted by atomic mass is 79.9. The second-order valence-corrected chi connectivity index (χ2v) is 7.77. The quantitative estimate of drug-likeness (QED) is 0.372. The van der Waals surface area contributed by atoms with E-state index in [9.17, 15) is 0 Å². The molecule has 0 bridgehead atoms. The van der Waals surface area contributed by atoms with Crippen molar-refractivity contribution in [3.05, 3.63) is 52.7 Å². The van der Waals surface area contributed by atoms with Crippen molar-refractivity contribution in [1.29, 1.82) is 0 Å². The summed E-state index contributed by atoms with van der Waals surface area (Å²) in [5.41, 5.74) is 0. The van der Waals surface area contributed by atoms with E-state index in [2.05, 4.69) is 79.6 Å². The van der Waals surface area contributed by atoms with E-state index in [1.54, 1.807) is 0 Å². The molecule has 0 heterocycles. The van der Waals surface area contributed by atoms with Crippen molar-refractivity contribution in [1.82, 2.24) is 0 Å². The van der Waals surface area contributed by atoms with Crippen LogP contribution < -0.4 is 4.74 Å². The van der Waals surface area contributed by atoms with Crippen LogP contribution in [-0.4, -0.2) is 0 Å². The van der Waals surface area contributed by atoms with E-state index in [0.717, 1.165) is 33.9 Å². The monoisotopic (exact) mass is 560 g/mol. The highest BCUT2D eigenvalue weighted by Gasteiger charge is 2.11. The number of benzene rings is 2. The number of hydrogen-bond donors (Lipinski definition) is 0. The Morgan fingerprint density at radius 1 is 0.667 bits per heavy atom. The lowest BCUT2D eigenvalue weighted by molar-refractivity contribution is 0.473. The van der Waals surface area contributed by atoms with Crippen LogP contribution >= 0.6 is 79.6 Å². The Morgan fingerprint density at radius 3 is 1.89 bits per heavy atom. The Kier molecular flexibility index (Phi) is 5.34. The Labute approximate surface area is 147 Å². The van der Waals surface area contributed by atoms with Crippen molar-refractivity contribution in [2.24, 2.45) is 0 Å². The van der Waals surface area contributed by atoms with Crippen LogP contribution in [0.25, 0.3) is 0 Å². The predicted octanol–water partition coefficient (Wildman–Crippen LogP) is 7.29. The standard InChI is InChI=1S/C12H5Br5O/c13-6-1-2-8(15)11(5-6)18-12-9(16)3-7(14)4-10(12)17/h1-5H. The zero-order valence-corrected chi connectivity index (χ0v) is 16.6. The van der Waals surface area contributed by atoms with Gasteiger partial charge in [-0.05, 0) is 78.1 Å². The number of rotatable bonds is 2. The van der Waals surface area contributed by atoms with Crippen LogP contribution in [0.15, 0.2) is 52.7 Å². The third kappa shape index (κ3) is 3.60. The molecule has 0 aromatic heterocycles. The summed E-state index contributed by atoms with van der Waals surface area (Å²) in [4.78, 5) is 0. The predicted molar refractivity (Wildman–Crippen MR) is 91.5 cm³/mol. The van der Waals surface area contributed by atoms with Crippen molar-refractivity contribution in [2.75, 3.05) is 0 Å². The van der Waals surface area contributed by atoms with E-state index in [4.69, 9.17) is 4.74 Å². The smallest absolute Gasteiger partial charge is 0.155 e. The summed E-state index contributed by atoms with van der Waals surface area (Å²) in [5.74, 6) is 1.48. The third-order valence-electron chi connectivity index (χ3n) is 2.07. The molecule has 18 heavy (non-hydrogen) atoms. The van der Waals surface area contributed by atoms with E-state index in [1.807, 2.05) is 30.3 Å². The summed E-state index contributed by atoms with van der Waals surface area (Å²) in [6.07, 6.45) is 0. The molecule has 94 valence electrons. The van der Waals surface area contributed by atoms with Crippen molar-refractivity contribution in [3.63, 3.8) is 0 Å². The minimum absolute atomic E-state index is 0.733. The molecule has 0 spiro atoms. The van der Waals surface area contributed by atoms with Crippen molar-refractivity contribution in [2.45, 2.75) is 0 Å². The fraction of sp³-hybridized carbons (Fsp3) is 0. The van der Waals surface area contributed by atoms with Crippen LogP contribution in [0.2, 0.25) is 0 Å². The molecule has 0 N–H and O–H groups in total. The van der Waals surface area contributed by atoms with E-state index >= 15 is 0 Å². The Balaban J connectivity index is 2.43. The van der Waals surface area contributed by atoms with Crippen LogP contribution in [0.3, 0.4) is 0 Å². The maximum Gasteiger partial charge on any atom is 0.155 e. The van der Waals surface area contributed by atoms with Crippen molar-refractivity contribution >= 4 is 79.6 Å². The summed E-state index contributed by atoms with van der Waals surface area (Å²) >= 11 is 17.3. The van der Waals surface area contributed by atoms with Gasteiger partial charge in [0, 0.05) is 8.95 Å². The summed E-state index contributed by atoms with van der Waals surface area (Å²) in [6.45, 7) is 0. The molecule has 6 heteroatoms. The van der Waals surface area contributed by atoms with E-state index in [0.29, 0.717) is 0 Å². The molecule has 0 atom stereocenters. The van der Waals surface area contributed by atoms with Gasteiger partial charge in [-0.2, -0.15) is 0 Å². The van der Waals surface area contributed by atoms with Gasteiger partial charge in [0.2, 0.25) is 0 Å². The minimum Gasteiger partial charge on any atom is -0.454 e. The van der Waals surface area contributed by atoms with Crippen molar-refractivity contribution in [3.8, 4) is 11.5 Å². The largest absolute Gasteiger partial charge is 0.454 e. The van der Waals surface area contributed by atoms with Gasteiger partial charge in [-0.25, -0.2) is 0 Å². The average molecular weight is 565 g/mol. The first kappa shape index (κ1) is 15.0. The van der Waals surface area contributed by atoms with Crippen LogP contribution in [0.5, 0.6) is 11.5 Å². The molecule has 0 saturated carbocycles. The fourth-order valence-corrected chi connectivity index (χ4v) is 4.38. The second-order valence-electron chi connectivity index (χ2n) is 3.38. The normalized spacial score (nSPS) is 10.5. The van der Waals surface area contributed by atoms with E-state index < -0.39 is 0 Å². The molecule has 0 amide bonds.